The van der Waals surface area contributed by atoms with E-state index in [1.54, 1.807) is 19.2 Å². The summed E-state index contributed by atoms with van der Waals surface area (Å²) in [6, 6.07) is 12.5. The van der Waals surface area contributed by atoms with Gasteiger partial charge in [0.15, 0.2) is 0 Å². The van der Waals surface area contributed by atoms with Crippen LogP contribution in [0.1, 0.15) is 37.7 Å². The van der Waals surface area contributed by atoms with E-state index in [4.69, 9.17) is 4.74 Å². The van der Waals surface area contributed by atoms with Crippen molar-refractivity contribution in [3.8, 4) is 17.0 Å². The number of likely N-dealkylation sites (tertiary alicyclic amines) is 1. The van der Waals surface area contributed by atoms with Gasteiger partial charge in [0, 0.05) is 29.6 Å². The van der Waals surface area contributed by atoms with E-state index in [0.717, 1.165) is 46.4 Å². The lowest BCUT2D eigenvalue weighted by Gasteiger charge is -2.26. The monoisotopic (exact) mass is 437 g/mol. The largest absolute Gasteiger partial charge is 0.497 e. The summed E-state index contributed by atoms with van der Waals surface area (Å²) in [6.07, 6.45) is 5.80. The number of aromatic nitrogens is 1. The summed E-state index contributed by atoms with van der Waals surface area (Å²) in [7, 11) is 1.64. The fourth-order valence-corrected chi connectivity index (χ4v) is 4.52. The van der Waals surface area contributed by atoms with Gasteiger partial charge in [-0.05, 0) is 98.9 Å². The average Bonchev–Trinajstić information content (AvgIpc) is 3.19. The van der Waals surface area contributed by atoms with E-state index in [1.807, 2.05) is 24.3 Å². The number of carbonyl (C=O) groups is 1. The maximum Gasteiger partial charge on any atom is 0.220 e. The van der Waals surface area contributed by atoms with Gasteiger partial charge >= 0.3 is 0 Å². The third-order valence-corrected chi connectivity index (χ3v) is 6.27. The molecule has 2 heterocycles. The van der Waals surface area contributed by atoms with Crippen molar-refractivity contribution in [2.75, 3.05) is 33.3 Å². The van der Waals surface area contributed by atoms with Crippen LogP contribution in [-0.4, -0.2) is 49.1 Å². The Morgan fingerprint density at radius 1 is 1.12 bits per heavy atom. The molecule has 0 saturated carbocycles. The molecule has 2 N–H and O–H groups in total. The molecule has 1 aliphatic heterocycles. The summed E-state index contributed by atoms with van der Waals surface area (Å²) in [6.45, 7) is 4.10. The van der Waals surface area contributed by atoms with E-state index < -0.39 is 0 Å². The van der Waals surface area contributed by atoms with Crippen molar-refractivity contribution < 1.29 is 13.9 Å². The van der Waals surface area contributed by atoms with Gasteiger partial charge in [0.05, 0.1) is 7.11 Å². The van der Waals surface area contributed by atoms with Crippen LogP contribution in [0.3, 0.4) is 0 Å². The van der Waals surface area contributed by atoms with E-state index >= 15 is 0 Å². The first-order valence-corrected chi connectivity index (χ1v) is 11.6. The number of benzene rings is 2. The Balaban J connectivity index is 1.40. The van der Waals surface area contributed by atoms with Gasteiger partial charge in [0.1, 0.15) is 11.6 Å². The molecule has 0 radical (unpaired) electrons. The molecule has 6 heteroatoms. The van der Waals surface area contributed by atoms with Gasteiger partial charge in [-0.1, -0.05) is 6.42 Å². The van der Waals surface area contributed by atoms with Crippen LogP contribution in [0.25, 0.3) is 22.2 Å². The van der Waals surface area contributed by atoms with Crippen LogP contribution in [0.2, 0.25) is 0 Å². The van der Waals surface area contributed by atoms with Crippen LogP contribution in [-0.2, 0) is 11.2 Å². The quantitative estimate of drug-likeness (QED) is 0.468. The Morgan fingerprint density at radius 3 is 2.66 bits per heavy atom. The van der Waals surface area contributed by atoms with Crippen molar-refractivity contribution in [3.63, 3.8) is 0 Å². The number of ether oxygens (including phenoxy) is 1. The lowest BCUT2D eigenvalue weighted by Crippen LogP contribution is -2.33. The van der Waals surface area contributed by atoms with E-state index in [1.165, 1.54) is 38.4 Å². The number of carbonyl (C=O) groups excluding carboxylic acids is 1. The topological polar surface area (TPSA) is 57.4 Å². The maximum absolute atomic E-state index is 14.0. The second-order valence-corrected chi connectivity index (χ2v) is 8.50. The van der Waals surface area contributed by atoms with Crippen LogP contribution in [0.5, 0.6) is 5.75 Å². The Labute approximate surface area is 189 Å². The highest BCUT2D eigenvalue weighted by Crippen LogP contribution is 2.32. The Kier molecular flexibility index (Phi) is 7.43. The van der Waals surface area contributed by atoms with Crippen LogP contribution in [0.4, 0.5) is 4.39 Å². The standard InChI is InChI=1S/C26H32FN3O2/c1-32-21-9-6-19(7-10-21)26-22(23-18-20(27)8-12-24(23)29-26)11-13-25(31)28-14-5-17-30-15-3-2-4-16-30/h6-10,12,18,29H,2-5,11,13-17H2,1H3,(H,28,31). The van der Waals surface area contributed by atoms with Crippen molar-refractivity contribution >= 4 is 16.8 Å². The molecule has 1 aliphatic rings. The van der Waals surface area contributed by atoms with Crippen molar-refractivity contribution in [2.45, 2.75) is 38.5 Å². The van der Waals surface area contributed by atoms with Crippen molar-refractivity contribution in [1.29, 1.82) is 0 Å². The van der Waals surface area contributed by atoms with Gasteiger partial charge in [0.2, 0.25) is 5.91 Å². The first kappa shape index (κ1) is 22.3. The molecule has 4 rings (SSSR count). The number of aryl methyl sites for hydroxylation is 1. The molecule has 1 aromatic heterocycles. The highest BCUT2D eigenvalue weighted by molar-refractivity contribution is 5.91. The molecule has 3 aromatic rings. The molecule has 0 aliphatic carbocycles. The summed E-state index contributed by atoms with van der Waals surface area (Å²) >= 11 is 0. The first-order chi connectivity index (χ1) is 15.6. The second kappa shape index (κ2) is 10.6. The van der Waals surface area contributed by atoms with Gasteiger partial charge in [-0.3, -0.25) is 4.79 Å². The predicted molar refractivity (Wildman–Crippen MR) is 126 cm³/mol. The van der Waals surface area contributed by atoms with Crippen molar-refractivity contribution in [3.05, 3.63) is 53.8 Å². The molecule has 1 amide bonds. The van der Waals surface area contributed by atoms with Crippen molar-refractivity contribution in [1.82, 2.24) is 15.2 Å². The number of H-pyrrole nitrogens is 1. The summed E-state index contributed by atoms with van der Waals surface area (Å²) in [5.41, 5.74) is 3.74. The summed E-state index contributed by atoms with van der Waals surface area (Å²) in [5, 5.41) is 3.88. The second-order valence-electron chi connectivity index (χ2n) is 8.50. The average molecular weight is 438 g/mol. The number of fused-ring (bicyclic) bond motifs is 1. The van der Waals surface area contributed by atoms with E-state index in [9.17, 15) is 9.18 Å². The van der Waals surface area contributed by atoms with Crippen LogP contribution < -0.4 is 10.1 Å². The van der Waals surface area contributed by atoms with Crippen LogP contribution in [0.15, 0.2) is 42.5 Å². The molecule has 5 nitrogen and oxygen atoms in total. The normalized spacial score (nSPS) is 14.6. The number of hydrogen-bond acceptors (Lipinski definition) is 3. The summed E-state index contributed by atoms with van der Waals surface area (Å²) in [5.74, 6) is 0.539. The number of methoxy groups -OCH3 is 1. The molecular weight excluding hydrogens is 405 g/mol. The molecule has 2 aromatic carbocycles. The van der Waals surface area contributed by atoms with E-state index in [-0.39, 0.29) is 11.7 Å². The first-order valence-electron chi connectivity index (χ1n) is 11.6. The van der Waals surface area contributed by atoms with Crippen molar-refractivity contribution in [2.24, 2.45) is 0 Å². The minimum absolute atomic E-state index is 0.0371. The van der Waals surface area contributed by atoms with Gasteiger partial charge in [-0.2, -0.15) is 0 Å². The maximum atomic E-state index is 14.0. The molecule has 0 spiro atoms. The number of aromatic amines is 1. The van der Waals surface area contributed by atoms with Gasteiger partial charge in [0.25, 0.3) is 0 Å². The summed E-state index contributed by atoms with van der Waals surface area (Å²) in [4.78, 5) is 18.4. The number of amides is 1. The zero-order valence-electron chi connectivity index (χ0n) is 18.8. The third-order valence-electron chi connectivity index (χ3n) is 6.27. The molecule has 0 atom stereocenters. The number of nitrogens with zero attached hydrogens (tertiary/aromatic N) is 1. The number of nitrogens with one attached hydrogen (secondary N) is 2. The summed E-state index contributed by atoms with van der Waals surface area (Å²) < 4.78 is 19.2. The smallest absolute Gasteiger partial charge is 0.220 e. The molecule has 32 heavy (non-hydrogen) atoms. The molecule has 1 saturated heterocycles. The zero-order valence-corrected chi connectivity index (χ0v) is 18.8. The lowest BCUT2D eigenvalue weighted by molar-refractivity contribution is -0.121. The van der Waals surface area contributed by atoms with E-state index in [2.05, 4.69) is 15.2 Å². The number of hydrogen-bond donors (Lipinski definition) is 2. The predicted octanol–water partition coefficient (Wildman–Crippen LogP) is 4.91. The zero-order chi connectivity index (χ0) is 22.3. The molecule has 0 unspecified atom stereocenters. The van der Waals surface area contributed by atoms with Crippen LogP contribution in [0, 0.1) is 5.82 Å². The number of rotatable bonds is 9. The molecular formula is C26H32FN3O2. The highest BCUT2D eigenvalue weighted by Gasteiger charge is 2.16. The highest BCUT2D eigenvalue weighted by atomic mass is 19.1. The lowest BCUT2D eigenvalue weighted by atomic mass is 10.0. The fraction of sp³-hybridized carbons (Fsp3) is 0.423. The minimum Gasteiger partial charge on any atom is -0.497 e. The third kappa shape index (κ3) is 5.49. The molecule has 0 bridgehead atoms. The number of piperidine rings is 1. The molecule has 170 valence electrons. The minimum atomic E-state index is -0.277. The Bertz CT molecular complexity index is 1040. The number of halogens is 1. The van der Waals surface area contributed by atoms with Gasteiger partial charge in [-0.25, -0.2) is 4.39 Å². The van der Waals surface area contributed by atoms with Gasteiger partial charge in [-0.15, -0.1) is 0 Å². The Hall–Kier alpha value is -2.86. The Morgan fingerprint density at radius 2 is 1.91 bits per heavy atom. The van der Waals surface area contributed by atoms with Crippen LogP contribution >= 0.6 is 0 Å². The fourth-order valence-electron chi connectivity index (χ4n) is 4.52. The SMILES string of the molecule is COc1ccc(-c2[nH]c3ccc(F)cc3c2CCC(=O)NCCCN2CCCCC2)cc1. The van der Waals surface area contributed by atoms with E-state index in [0.29, 0.717) is 19.4 Å². The van der Waals surface area contributed by atoms with Gasteiger partial charge < -0.3 is 19.9 Å². The molecule has 1 fully saturated rings.